The lowest BCUT2D eigenvalue weighted by atomic mass is 9.86. The molecule has 2 aromatic carbocycles. The van der Waals surface area contributed by atoms with Gasteiger partial charge in [-0.15, -0.1) is 0 Å². The number of rotatable bonds is 5. The van der Waals surface area contributed by atoms with Crippen LogP contribution in [0.2, 0.25) is 0 Å². The van der Waals surface area contributed by atoms with E-state index in [-0.39, 0.29) is 18.1 Å². The summed E-state index contributed by atoms with van der Waals surface area (Å²) >= 11 is 7.04. The van der Waals surface area contributed by atoms with Crippen molar-refractivity contribution in [1.82, 2.24) is 4.90 Å². The lowest BCUT2D eigenvalue weighted by Crippen LogP contribution is -2.54. The van der Waals surface area contributed by atoms with Crippen molar-refractivity contribution in [3.63, 3.8) is 0 Å². The van der Waals surface area contributed by atoms with Crippen molar-refractivity contribution >= 4 is 23.5 Å². The van der Waals surface area contributed by atoms with Crippen LogP contribution in [0.5, 0.6) is 0 Å². The number of halogens is 1. The van der Waals surface area contributed by atoms with E-state index in [1.165, 1.54) is 7.11 Å². The SMILES string of the molecule is COC(=O)[C@H]1[C@H]2CC[C@H](C[C@H]1OC(=O)C(Cl)(c1ccccc1)c1ccccc1)N2C. The molecule has 2 saturated heterocycles. The molecule has 0 unspecified atom stereocenters. The number of hydrogen-bond acceptors (Lipinski definition) is 5. The van der Waals surface area contributed by atoms with Crippen molar-refractivity contribution in [2.24, 2.45) is 5.92 Å². The second-order valence-electron chi connectivity index (χ2n) is 8.08. The van der Waals surface area contributed by atoms with Gasteiger partial charge < -0.3 is 9.47 Å². The van der Waals surface area contributed by atoms with Crippen molar-refractivity contribution in [2.75, 3.05) is 14.2 Å². The predicted molar refractivity (Wildman–Crippen MR) is 114 cm³/mol. The van der Waals surface area contributed by atoms with Crippen LogP contribution in [0.1, 0.15) is 30.4 Å². The fraction of sp³-hybridized carbons (Fsp3) is 0.417. The van der Waals surface area contributed by atoms with Gasteiger partial charge in [0.05, 0.1) is 7.11 Å². The van der Waals surface area contributed by atoms with E-state index in [0.29, 0.717) is 17.5 Å². The Morgan fingerprint density at radius 2 is 1.57 bits per heavy atom. The first-order chi connectivity index (χ1) is 14.5. The molecule has 4 rings (SSSR count). The molecule has 0 amide bonds. The van der Waals surface area contributed by atoms with E-state index < -0.39 is 22.9 Å². The Bertz CT molecular complexity index is 864. The molecule has 2 fully saturated rings. The van der Waals surface area contributed by atoms with Crippen LogP contribution in [-0.2, 0) is 23.9 Å². The highest BCUT2D eigenvalue weighted by atomic mass is 35.5. The molecule has 5 nitrogen and oxygen atoms in total. The Labute approximate surface area is 181 Å². The summed E-state index contributed by atoms with van der Waals surface area (Å²) in [4.78, 5) is 26.9. The van der Waals surface area contributed by atoms with Gasteiger partial charge >= 0.3 is 11.9 Å². The van der Waals surface area contributed by atoms with Gasteiger partial charge in [0.15, 0.2) is 4.87 Å². The van der Waals surface area contributed by atoms with E-state index in [9.17, 15) is 9.59 Å². The maximum absolute atomic E-state index is 13.6. The molecular formula is C24H26ClNO4. The van der Waals surface area contributed by atoms with Gasteiger partial charge in [0.2, 0.25) is 0 Å². The molecule has 2 aromatic rings. The summed E-state index contributed by atoms with van der Waals surface area (Å²) in [5.41, 5.74) is 1.27. The first-order valence-corrected chi connectivity index (χ1v) is 10.7. The summed E-state index contributed by atoms with van der Waals surface area (Å²) in [6.07, 6.45) is 1.89. The maximum Gasteiger partial charge on any atom is 0.336 e. The Kier molecular flexibility index (Phi) is 5.85. The molecule has 4 atom stereocenters. The first kappa shape index (κ1) is 20.9. The van der Waals surface area contributed by atoms with E-state index >= 15 is 0 Å². The second kappa shape index (κ2) is 8.40. The number of esters is 2. The Hall–Kier alpha value is -2.37. The zero-order valence-electron chi connectivity index (χ0n) is 17.2. The minimum Gasteiger partial charge on any atom is -0.469 e. The van der Waals surface area contributed by atoms with Gasteiger partial charge in [0.1, 0.15) is 12.0 Å². The number of nitrogens with zero attached hydrogens (tertiary/aromatic N) is 1. The van der Waals surface area contributed by atoms with Gasteiger partial charge in [0, 0.05) is 18.5 Å². The van der Waals surface area contributed by atoms with Gasteiger partial charge in [-0.3, -0.25) is 9.69 Å². The third-order valence-corrected chi connectivity index (χ3v) is 7.16. The molecule has 0 aliphatic carbocycles. The highest BCUT2D eigenvalue weighted by Crippen LogP contribution is 2.43. The van der Waals surface area contributed by atoms with E-state index in [1.807, 2.05) is 67.7 Å². The van der Waals surface area contributed by atoms with Gasteiger partial charge in [-0.25, -0.2) is 4.79 Å². The van der Waals surface area contributed by atoms with Gasteiger partial charge in [-0.2, -0.15) is 0 Å². The van der Waals surface area contributed by atoms with Crippen LogP contribution < -0.4 is 0 Å². The monoisotopic (exact) mass is 427 g/mol. The molecule has 2 heterocycles. The largest absolute Gasteiger partial charge is 0.469 e. The molecule has 2 bridgehead atoms. The van der Waals surface area contributed by atoms with E-state index in [1.54, 1.807) is 0 Å². The number of carbonyl (C=O) groups is 2. The quantitative estimate of drug-likeness (QED) is 0.537. The smallest absolute Gasteiger partial charge is 0.336 e. The summed E-state index contributed by atoms with van der Waals surface area (Å²) in [6.45, 7) is 0. The van der Waals surface area contributed by atoms with Crippen LogP contribution >= 0.6 is 11.6 Å². The summed E-state index contributed by atoms with van der Waals surface area (Å²) in [7, 11) is 3.40. The number of fused-ring (bicyclic) bond motifs is 2. The zero-order valence-corrected chi connectivity index (χ0v) is 17.9. The number of piperidine rings is 1. The van der Waals surface area contributed by atoms with Gasteiger partial charge in [-0.1, -0.05) is 72.3 Å². The van der Waals surface area contributed by atoms with Crippen LogP contribution in [0, 0.1) is 5.92 Å². The Morgan fingerprint density at radius 3 is 2.10 bits per heavy atom. The predicted octanol–water partition coefficient (Wildman–Crippen LogP) is 3.74. The van der Waals surface area contributed by atoms with E-state index in [4.69, 9.17) is 21.1 Å². The van der Waals surface area contributed by atoms with Gasteiger partial charge in [-0.05, 0) is 31.0 Å². The molecule has 158 valence electrons. The Balaban J connectivity index is 1.68. The van der Waals surface area contributed by atoms with Crippen LogP contribution in [0.4, 0.5) is 0 Å². The molecule has 2 aliphatic heterocycles. The summed E-state index contributed by atoms with van der Waals surface area (Å²) in [6, 6.07) is 18.7. The highest BCUT2D eigenvalue weighted by Gasteiger charge is 2.52. The molecule has 30 heavy (non-hydrogen) atoms. The van der Waals surface area contributed by atoms with Crippen LogP contribution in [0.25, 0.3) is 0 Å². The fourth-order valence-corrected chi connectivity index (χ4v) is 5.24. The zero-order chi connectivity index (χ0) is 21.3. The van der Waals surface area contributed by atoms with Crippen molar-refractivity contribution in [2.45, 2.75) is 42.3 Å². The number of methoxy groups -OCH3 is 1. The molecular weight excluding hydrogens is 402 g/mol. The fourth-order valence-electron chi connectivity index (χ4n) is 4.94. The molecule has 2 aliphatic rings. The number of hydrogen-bond donors (Lipinski definition) is 0. The summed E-state index contributed by atoms with van der Waals surface area (Å²) < 4.78 is 11.1. The maximum atomic E-state index is 13.6. The molecule has 0 saturated carbocycles. The molecule has 6 heteroatoms. The Morgan fingerprint density at radius 1 is 1.00 bits per heavy atom. The lowest BCUT2D eigenvalue weighted by molar-refractivity contribution is -0.169. The number of ether oxygens (including phenoxy) is 2. The third kappa shape index (κ3) is 3.50. The van der Waals surface area contributed by atoms with Crippen molar-refractivity contribution in [3.05, 3.63) is 71.8 Å². The van der Waals surface area contributed by atoms with Crippen molar-refractivity contribution < 1.29 is 19.1 Å². The molecule has 0 aromatic heterocycles. The van der Waals surface area contributed by atoms with Gasteiger partial charge in [0.25, 0.3) is 0 Å². The van der Waals surface area contributed by atoms with E-state index in [0.717, 1.165) is 12.8 Å². The lowest BCUT2D eigenvalue weighted by Gasteiger charge is -2.41. The van der Waals surface area contributed by atoms with Crippen LogP contribution in [-0.4, -0.2) is 49.2 Å². The topological polar surface area (TPSA) is 55.8 Å². The summed E-state index contributed by atoms with van der Waals surface area (Å²) in [5, 5.41) is 0. The van der Waals surface area contributed by atoms with Crippen molar-refractivity contribution in [1.29, 1.82) is 0 Å². The number of alkyl halides is 1. The standard InChI is InChI=1S/C24H26ClNO4/c1-26-18-13-14-19(26)21(22(27)29-2)20(15-18)30-23(28)24(25,16-9-5-3-6-10-16)17-11-7-4-8-12-17/h3-12,18-21H,13-15H2,1-2H3/t18-,19-,20-,21+/m1/s1. The third-order valence-electron chi connectivity index (χ3n) is 6.57. The molecule has 0 N–H and O–H groups in total. The molecule has 0 radical (unpaired) electrons. The van der Waals surface area contributed by atoms with Crippen molar-refractivity contribution in [3.8, 4) is 0 Å². The molecule has 0 spiro atoms. The summed E-state index contributed by atoms with van der Waals surface area (Å²) in [5.74, 6) is -1.43. The second-order valence-corrected chi connectivity index (χ2v) is 8.65. The normalized spacial score (nSPS) is 26.2. The van der Waals surface area contributed by atoms with E-state index in [2.05, 4.69) is 4.90 Å². The minimum atomic E-state index is -1.49. The average Bonchev–Trinajstić information content (AvgIpc) is 3.02. The minimum absolute atomic E-state index is 0.00664. The average molecular weight is 428 g/mol. The number of benzene rings is 2. The van der Waals surface area contributed by atoms with Crippen LogP contribution in [0.15, 0.2) is 60.7 Å². The highest BCUT2D eigenvalue weighted by molar-refractivity contribution is 6.36. The first-order valence-electron chi connectivity index (χ1n) is 10.3. The van der Waals surface area contributed by atoms with Crippen LogP contribution in [0.3, 0.4) is 0 Å². The number of carbonyl (C=O) groups excluding carboxylic acids is 2.